The number of hydrogen-bond acceptors (Lipinski definition) is 3. The topological polar surface area (TPSA) is 58.4 Å². The molecule has 1 saturated heterocycles. The molecule has 1 atom stereocenters. The lowest BCUT2D eigenvalue weighted by atomic mass is 10.2. The molecule has 0 aromatic heterocycles. The van der Waals surface area contributed by atoms with Crippen LogP contribution in [0, 0.1) is 5.92 Å². The first kappa shape index (κ1) is 13.9. The number of likely N-dealkylation sites (tertiary alicyclic amines) is 1. The minimum Gasteiger partial charge on any atom is -0.397 e. The van der Waals surface area contributed by atoms with Crippen LogP contribution in [0.3, 0.4) is 0 Å². The first-order chi connectivity index (χ1) is 9.15. The van der Waals surface area contributed by atoms with E-state index in [1.807, 2.05) is 18.2 Å². The smallest absolute Gasteiger partial charge is 0.224 e. The van der Waals surface area contributed by atoms with Gasteiger partial charge in [-0.25, -0.2) is 0 Å². The molecular formula is C15H23N3O. The summed E-state index contributed by atoms with van der Waals surface area (Å²) >= 11 is 0. The molecule has 1 heterocycles. The molecule has 1 aromatic rings. The fraction of sp³-hybridized carbons (Fsp3) is 0.533. The standard InChI is InChI=1S/C15H23N3O/c1-12-8-10-18(11-12)9-4-7-15(19)17-14-6-3-2-5-13(14)16/h2-3,5-6,12H,4,7-11,16H2,1H3,(H,17,19). The maximum Gasteiger partial charge on any atom is 0.224 e. The normalized spacial score (nSPS) is 19.5. The Bertz CT molecular complexity index is 433. The first-order valence-electron chi connectivity index (χ1n) is 7.02. The maximum absolute atomic E-state index is 11.8. The van der Waals surface area contributed by atoms with Gasteiger partial charge in [-0.3, -0.25) is 4.79 Å². The summed E-state index contributed by atoms with van der Waals surface area (Å²) in [5.74, 6) is 0.850. The summed E-state index contributed by atoms with van der Waals surface area (Å²) in [6.07, 6.45) is 2.75. The highest BCUT2D eigenvalue weighted by Crippen LogP contribution is 2.18. The summed E-state index contributed by atoms with van der Waals surface area (Å²) in [7, 11) is 0. The summed E-state index contributed by atoms with van der Waals surface area (Å²) < 4.78 is 0. The van der Waals surface area contributed by atoms with Crippen molar-refractivity contribution in [2.45, 2.75) is 26.2 Å². The van der Waals surface area contributed by atoms with E-state index in [-0.39, 0.29) is 5.91 Å². The third-order valence-electron chi connectivity index (χ3n) is 3.62. The third kappa shape index (κ3) is 4.24. The maximum atomic E-state index is 11.8. The molecule has 2 rings (SSSR count). The SMILES string of the molecule is CC1CCN(CCCC(=O)Nc2ccccc2N)C1. The highest BCUT2D eigenvalue weighted by Gasteiger charge is 2.18. The number of para-hydroxylation sites is 2. The Hall–Kier alpha value is -1.55. The van der Waals surface area contributed by atoms with Crippen molar-refractivity contribution < 1.29 is 4.79 Å². The van der Waals surface area contributed by atoms with Crippen LogP contribution < -0.4 is 11.1 Å². The third-order valence-corrected chi connectivity index (χ3v) is 3.62. The van der Waals surface area contributed by atoms with Gasteiger partial charge in [0.2, 0.25) is 5.91 Å². The molecule has 0 saturated carbocycles. The van der Waals surface area contributed by atoms with Gasteiger partial charge in [-0.2, -0.15) is 0 Å². The summed E-state index contributed by atoms with van der Waals surface area (Å²) in [6.45, 7) is 5.65. The number of nitrogens with two attached hydrogens (primary N) is 1. The zero-order valence-electron chi connectivity index (χ0n) is 11.6. The first-order valence-corrected chi connectivity index (χ1v) is 7.02. The van der Waals surface area contributed by atoms with Crippen LogP contribution in [-0.4, -0.2) is 30.4 Å². The molecular weight excluding hydrogens is 238 g/mol. The van der Waals surface area contributed by atoms with Crippen molar-refractivity contribution in [2.24, 2.45) is 5.92 Å². The number of nitrogens with one attached hydrogen (secondary N) is 1. The van der Waals surface area contributed by atoms with E-state index in [0.29, 0.717) is 17.8 Å². The Labute approximate surface area is 115 Å². The molecule has 3 N–H and O–H groups in total. The van der Waals surface area contributed by atoms with Crippen LogP contribution >= 0.6 is 0 Å². The van der Waals surface area contributed by atoms with Crippen molar-refractivity contribution >= 4 is 17.3 Å². The quantitative estimate of drug-likeness (QED) is 0.800. The van der Waals surface area contributed by atoms with Gasteiger partial charge < -0.3 is 16.0 Å². The minimum absolute atomic E-state index is 0.0464. The molecule has 0 spiro atoms. The van der Waals surface area contributed by atoms with Crippen LogP contribution in [0.1, 0.15) is 26.2 Å². The second kappa shape index (κ2) is 6.57. The molecule has 1 amide bonds. The molecule has 104 valence electrons. The fourth-order valence-corrected chi connectivity index (χ4v) is 2.52. The molecule has 0 bridgehead atoms. The number of carbonyl (C=O) groups excluding carboxylic acids is 1. The zero-order chi connectivity index (χ0) is 13.7. The highest BCUT2D eigenvalue weighted by atomic mass is 16.1. The minimum atomic E-state index is 0.0464. The van der Waals surface area contributed by atoms with Gasteiger partial charge in [0.25, 0.3) is 0 Å². The number of nitrogens with zero attached hydrogens (tertiary/aromatic N) is 1. The molecule has 0 aliphatic carbocycles. The highest BCUT2D eigenvalue weighted by molar-refractivity contribution is 5.93. The molecule has 1 fully saturated rings. The average Bonchev–Trinajstić information content (AvgIpc) is 2.78. The molecule has 1 unspecified atom stereocenters. The zero-order valence-corrected chi connectivity index (χ0v) is 11.6. The van der Waals surface area contributed by atoms with Gasteiger partial charge in [0.15, 0.2) is 0 Å². The Kier molecular flexibility index (Phi) is 4.80. The van der Waals surface area contributed by atoms with E-state index in [0.717, 1.165) is 18.9 Å². The Morgan fingerprint density at radius 2 is 2.26 bits per heavy atom. The molecule has 4 heteroatoms. The summed E-state index contributed by atoms with van der Waals surface area (Å²) in [6, 6.07) is 7.35. The van der Waals surface area contributed by atoms with E-state index in [4.69, 9.17) is 5.73 Å². The second-order valence-corrected chi connectivity index (χ2v) is 5.43. The van der Waals surface area contributed by atoms with E-state index < -0.39 is 0 Å². The molecule has 0 radical (unpaired) electrons. The van der Waals surface area contributed by atoms with Crippen LogP contribution in [0.25, 0.3) is 0 Å². The number of carbonyl (C=O) groups is 1. The number of amides is 1. The van der Waals surface area contributed by atoms with Crippen molar-refractivity contribution in [1.82, 2.24) is 4.90 Å². The van der Waals surface area contributed by atoms with Gasteiger partial charge in [0.1, 0.15) is 0 Å². The van der Waals surface area contributed by atoms with Gasteiger partial charge in [-0.1, -0.05) is 19.1 Å². The Balaban J connectivity index is 1.69. The lowest BCUT2D eigenvalue weighted by molar-refractivity contribution is -0.116. The second-order valence-electron chi connectivity index (χ2n) is 5.43. The van der Waals surface area contributed by atoms with Crippen molar-refractivity contribution in [3.05, 3.63) is 24.3 Å². The number of rotatable bonds is 5. The summed E-state index contributed by atoms with van der Waals surface area (Å²) in [5.41, 5.74) is 7.11. The van der Waals surface area contributed by atoms with Crippen LogP contribution in [-0.2, 0) is 4.79 Å². The number of anilines is 2. The van der Waals surface area contributed by atoms with Crippen LogP contribution in [0.4, 0.5) is 11.4 Å². The van der Waals surface area contributed by atoms with E-state index in [2.05, 4.69) is 17.1 Å². The van der Waals surface area contributed by atoms with E-state index >= 15 is 0 Å². The largest absolute Gasteiger partial charge is 0.397 e. The molecule has 1 aromatic carbocycles. The lowest BCUT2D eigenvalue weighted by Crippen LogP contribution is -2.23. The Morgan fingerprint density at radius 1 is 1.47 bits per heavy atom. The Morgan fingerprint density at radius 3 is 2.95 bits per heavy atom. The lowest BCUT2D eigenvalue weighted by Gasteiger charge is -2.14. The predicted octanol–water partition coefficient (Wildman–Crippen LogP) is 2.33. The number of hydrogen-bond donors (Lipinski definition) is 2. The van der Waals surface area contributed by atoms with Crippen molar-refractivity contribution in [2.75, 3.05) is 30.7 Å². The van der Waals surface area contributed by atoms with Crippen molar-refractivity contribution in [3.63, 3.8) is 0 Å². The molecule has 19 heavy (non-hydrogen) atoms. The van der Waals surface area contributed by atoms with Crippen molar-refractivity contribution in [1.29, 1.82) is 0 Å². The monoisotopic (exact) mass is 261 g/mol. The van der Waals surface area contributed by atoms with Gasteiger partial charge in [0, 0.05) is 13.0 Å². The van der Waals surface area contributed by atoms with Crippen molar-refractivity contribution in [3.8, 4) is 0 Å². The van der Waals surface area contributed by atoms with Crippen LogP contribution in [0.5, 0.6) is 0 Å². The van der Waals surface area contributed by atoms with Gasteiger partial charge in [-0.15, -0.1) is 0 Å². The molecule has 4 nitrogen and oxygen atoms in total. The molecule has 1 aliphatic heterocycles. The summed E-state index contributed by atoms with van der Waals surface area (Å²) in [4.78, 5) is 14.3. The predicted molar refractivity (Wildman–Crippen MR) is 78.9 cm³/mol. The van der Waals surface area contributed by atoms with E-state index in [1.165, 1.54) is 19.5 Å². The van der Waals surface area contributed by atoms with Crippen LogP contribution in [0.2, 0.25) is 0 Å². The molecule has 1 aliphatic rings. The van der Waals surface area contributed by atoms with Gasteiger partial charge in [-0.05, 0) is 44.0 Å². The number of benzene rings is 1. The summed E-state index contributed by atoms with van der Waals surface area (Å²) in [5, 5.41) is 2.86. The number of nitrogen functional groups attached to an aromatic ring is 1. The van der Waals surface area contributed by atoms with Gasteiger partial charge in [0.05, 0.1) is 11.4 Å². The average molecular weight is 261 g/mol. The van der Waals surface area contributed by atoms with E-state index in [1.54, 1.807) is 6.07 Å². The van der Waals surface area contributed by atoms with Gasteiger partial charge >= 0.3 is 0 Å². The fourth-order valence-electron chi connectivity index (χ4n) is 2.52. The van der Waals surface area contributed by atoms with E-state index in [9.17, 15) is 4.79 Å². The van der Waals surface area contributed by atoms with Crippen LogP contribution in [0.15, 0.2) is 24.3 Å².